The van der Waals surface area contributed by atoms with Crippen LogP contribution in [0.15, 0.2) is 29.2 Å². The topological polar surface area (TPSA) is 63.4 Å². The van der Waals surface area contributed by atoms with E-state index in [0.717, 1.165) is 24.8 Å². The van der Waals surface area contributed by atoms with Crippen molar-refractivity contribution < 1.29 is 8.42 Å². The number of benzene rings is 1. The summed E-state index contributed by atoms with van der Waals surface area (Å²) in [6.45, 7) is 5.30. The van der Waals surface area contributed by atoms with Crippen molar-refractivity contribution in [3.63, 3.8) is 0 Å². The number of piperidine rings is 1. The number of hydrogen-bond donors (Lipinski definition) is 1. The van der Waals surface area contributed by atoms with Gasteiger partial charge in [-0.3, -0.25) is 0 Å². The lowest BCUT2D eigenvalue weighted by Crippen LogP contribution is -2.44. The van der Waals surface area contributed by atoms with Crippen molar-refractivity contribution in [1.82, 2.24) is 4.31 Å². The zero-order valence-corrected chi connectivity index (χ0v) is 13.1. The smallest absolute Gasteiger partial charge is 0.243 e. The van der Waals surface area contributed by atoms with Gasteiger partial charge in [-0.25, -0.2) is 8.42 Å². The Morgan fingerprint density at radius 1 is 1.20 bits per heavy atom. The molecule has 0 spiro atoms. The van der Waals surface area contributed by atoms with Crippen LogP contribution >= 0.6 is 0 Å². The Bertz CT molecular complexity index is 539. The van der Waals surface area contributed by atoms with Crippen LogP contribution in [-0.2, 0) is 16.4 Å². The van der Waals surface area contributed by atoms with Crippen LogP contribution in [-0.4, -0.2) is 31.9 Å². The van der Waals surface area contributed by atoms with E-state index in [2.05, 4.69) is 6.92 Å². The molecule has 1 saturated heterocycles. The molecule has 0 aliphatic carbocycles. The van der Waals surface area contributed by atoms with E-state index >= 15 is 0 Å². The van der Waals surface area contributed by atoms with Crippen LogP contribution in [0.5, 0.6) is 0 Å². The molecule has 0 aromatic heterocycles. The molecule has 1 heterocycles. The summed E-state index contributed by atoms with van der Waals surface area (Å²) in [5.74, 6) is 0.428. The number of hydrogen-bond acceptors (Lipinski definition) is 3. The fraction of sp³-hybridized carbons (Fsp3) is 0.600. The Kier molecular flexibility index (Phi) is 4.83. The van der Waals surface area contributed by atoms with Gasteiger partial charge in [0.25, 0.3) is 0 Å². The van der Waals surface area contributed by atoms with E-state index in [1.165, 1.54) is 0 Å². The quantitative estimate of drug-likeness (QED) is 0.924. The van der Waals surface area contributed by atoms with Gasteiger partial charge in [-0.15, -0.1) is 0 Å². The highest BCUT2D eigenvalue weighted by Gasteiger charge is 2.33. The van der Waals surface area contributed by atoms with Crippen molar-refractivity contribution in [2.45, 2.75) is 44.0 Å². The van der Waals surface area contributed by atoms with Crippen molar-refractivity contribution >= 4 is 10.0 Å². The van der Waals surface area contributed by atoms with Crippen LogP contribution < -0.4 is 5.73 Å². The van der Waals surface area contributed by atoms with Gasteiger partial charge >= 0.3 is 0 Å². The molecule has 0 radical (unpaired) electrons. The number of sulfonamides is 1. The number of nitrogens with zero attached hydrogens (tertiary/aromatic N) is 1. The maximum Gasteiger partial charge on any atom is 0.243 e. The van der Waals surface area contributed by atoms with Crippen LogP contribution in [0.1, 0.15) is 32.3 Å². The molecule has 2 rings (SSSR count). The zero-order chi connectivity index (χ0) is 14.8. The van der Waals surface area contributed by atoms with E-state index in [4.69, 9.17) is 5.73 Å². The molecular weight excluding hydrogens is 272 g/mol. The molecule has 112 valence electrons. The molecule has 0 saturated carbocycles. The molecule has 1 aromatic rings. The number of nitrogens with two attached hydrogens (primary N) is 1. The first kappa shape index (κ1) is 15.5. The lowest BCUT2D eigenvalue weighted by Gasteiger charge is -2.35. The highest BCUT2D eigenvalue weighted by molar-refractivity contribution is 7.89. The summed E-state index contributed by atoms with van der Waals surface area (Å²) < 4.78 is 27.1. The van der Waals surface area contributed by atoms with Gasteiger partial charge in [0, 0.05) is 12.6 Å². The summed E-state index contributed by atoms with van der Waals surface area (Å²) in [6, 6.07) is 7.20. The van der Waals surface area contributed by atoms with E-state index in [9.17, 15) is 8.42 Å². The van der Waals surface area contributed by atoms with Crippen molar-refractivity contribution in [2.75, 3.05) is 13.1 Å². The predicted octanol–water partition coefficient (Wildman–Crippen LogP) is 2.00. The average Bonchev–Trinajstić information content (AvgIpc) is 2.42. The highest BCUT2D eigenvalue weighted by atomic mass is 32.2. The molecule has 4 nitrogen and oxygen atoms in total. The average molecular weight is 296 g/mol. The third-order valence-electron chi connectivity index (χ3n) is 4.02. The van der Waals surface area contributed by atoms with Crippen molar-refractivity contribution in [3.05, 3.63) is 29.8 Å². The van der Waals surface area contributed by atoms with Crippen LogP contribution in [0, 0.1) is 5.92 Å². The van der Waals surface area contributed by atoms with Gasteiger partial charge in [-0.2, -0.15) is 4.31 Å². The second-order valence-corrected chi connectivity index (χ2v) is 7.68. The first-order valence-corrected chi connectivity index (χ1v) is 8.70. The summed E-state index contributed by atoms with van der Waals surface area (Å²) >= 11 is 0. The first-order valence-electron chi connectivity index (χ1n) is 7.26. The fourth-order valence-electron chi connectivity index (χ4n) is 2.71. The maximum atomic E-state index is 12.7. The minimum Gasteiger partial charge on any atom is -0.330 e. The third kappa shape index (κ3) is 3.22. The van der Waals surface area contributed by atoms with Crippen LogP contribution in [0.25, 0.3) is 0 Å². The van der Waals surface area contributed by atoms with E-state index < -0.39 is 10.0 Å². The highest BCUT2D eigenvalue weighted by Crippen LogP contribution is 2.27. The first-order chi connectivity index (χ1) is 9.45. The molecule has 1 aromatic carbocycles. The van der Waals surface area contributed by atoms with Crippen LogP contribution in [0.3, 0.4) is 0 Å². The Labute approximate surface area is 122 Å². The molecule has 1 aliphatic heterocycles. The minimum atomic E-state index is -3.37. The van der Waals surface area contributed by atoms with Gasteiger partial charge in [-0.1, -0.05) is 19.1 Å². The Hall–Kier alpha value is -0.910. The van der Waals surface area contributed by atoms with Gasteiger partial charge in [0.05, 0.1) is 4.90 Å². The number of rotatable bonds is 4. The lowest BCUT2D eigenvalue weighted by molar-refractivity contribution is 0.218. The van der Waals surface area contributed by atoms with E-state index in [-0.39, 0.29) is 6.04 Å². The SMILES string of the molecule is CC1CCC(C)N(S(=O)(=O)c2ccc(CCN)cc2)C1. The van der Waals surface area contributed by atoms with Gasteiger partial charge in [0.2, 0.25) is 10.0 Å². The van der Waals surface area contributed by atoms with Crippen molar-refractivity contribution in [1.29, 1.82) is 0 Å². The summed E-state index contributed by atoms with van der Waals surface area (Å²) in [5, 5.41) is 0. The molecule has 0 amide bonds. The molecule has 0 bridgehead atoms. The van der Waals surface area contributed by atoms with E-state index in [0.29, 0.717) is 23.9 Å². The normalized spacial score (nSPS) is 24.8. The molecule has 20 heavy (non-hydrogen) atoms. The molecule has 2 unspecified atom stereocenters. The fourth-order valence-corrected chi connectivity index (χ4v) is 4.49. The van der Waals surface area contributed by atoms with Gasteiger partial charge in [0.15, 0.2) is 0 Å². The predicted molar refractivity (Wildman–Crippen MR) is 81.0 cm³/mol. The van der Waals surface area contributed by atoms with Gasteiger partial charge < -0.3 is 5.73 Å². The molecule has 2 atom stereocenters. The molecule has 1 fully saturated rings. The maximum absolute atomic E-state index is 12.7. The van der Waals surface area contributed by atoms with Gasteiger partial charge in [0.1, 0.15) is 0 Å². The van der Waals surface area contributed by atoms with E-state index in [1.54, 1.807) is 16.4 Å². The molecule has 1 aliphatic rings. The van der Waals surface area contributed by atoms with Crippen molar-refractivity contribution in [2.24, 2.45) is 11.7 Å². The van der Waals surface area contributed by atoms with Gasteiger partial charge in [-0.05, 0) is 56.3 Å². The Morgan fingerprint density at radius 3 is 2.45 bits per heavy atom. The second-order valence-electron chi connectivity index (χ2n) is 5.79. The molecule has 2 N–H and O–H groups in total. The summed E-state index contributed by atoms with van der Waals surface area (Å²) in [7, 11) is -3.37. The summed E-state index contributed by atoms with van der Waals surface area (Å²) in [6.07, 6.45) is 2.81. The monoisotopic (exact) mass is 296 g/mol. The Morgan fingerprint density at radius 2 is 1.85 bits per heavy atom. The lowest BCUT2D eigenvalue weighted by atomic mass is 9.97. The third-order valence-corrected chi connectivity index (χ3v) is 6.02. The summed E-state index contributed by atoms with van der Waals surface area (Å²) in [5.41, 5.74) is 6.58. The standard InChI is InChI=1S/C15H24N2O2S/c1-12-3-4-13(2)17(11-12)20(18,19)15-7-5-14(6-8-15)9-10-16/h5-8,12-13H,3-4,9-11,16H2,1-2H3. The molecular formula is C15H24N2O2S. The largest absolute Gasteiger partial charge is 0.330 e. The second kappa shape index (κ2) is 6.24. The zero-order valence-electron chi connectivity index (χ0n) is 12.2. The van der Waals surface area contributed by atoms with E-state index in [1.807, 2.05) is 19.1 Å². The minimum absolute atomic E-state index is 0.0833. The van der Waals surface area contributed by atoms with Crippen LogP contribution in [0.2, 0.25) is 0 Å². The molecule has 5 heteroatoms. The van der Waals surface area contributed by atoms with Crippen LogP contribution in [0.4, 0.5) is 0 Å². The summed E-state index contributed by atoms with van der Waals surface area (Å²) in [4.78, 5) is 0.388. The Balaban J connectivity index is 2.24. The van der Waals surface area contributed by atoms with Crippen molar-refractivity contribution in [3.8, 4) is 0 Å².